The Balaban J connectivity index is 1.50. The largest absolute Gasteiger partial charge is 0.446 e. The van der Waals surface area contributed by atoms with Crippen molar-refractivity contribution in [1.82, 2.24) is 19.7 Å². The Morgan fingerprint density at radius 2 is 2.00 bits per heavy atom. The first-order valence-electron chi connectivity index (χ1n) is 10.0. The van der Waals surface area contributed by atoms with Crippen molar-refractivity contribution in [3.05, 3.63) is 58.7 Å². The zero-order valence-corrected chi connectivity index (χ0v) is 17.0. The van der Waals surface area contributed by atoms with Crippen molar-refractivity contribution in [1.29, 1.82) is 0 Å². The van der Waals surface area contributed by atoms with Gasteiger partial charge in [0, 0.05) is 44.1 Å². The highest BCUT2D eigenvalue weighted by atomic mass is 19.1. The Morgan fingerprint density at radius 1 is 1.21 bits per heavy atom. The smallest absolute Gasteiger partial charge is 0.244 e. The third-order valence-electron chi connectivity index (χ3n) is 5.43. The van der Waals surface area contributed by atoms with E-state index in [9.17, 15) is 9.18 Å². The fourth-order valence-electron chi connectivity index (χ4n) is 3.79. The number of carbonyl (C=O) groups is 1. The topological polar surface area (TPSA) is 64.2 Å². The van der Waals surface area contributed by atoms with Gasteiger partial charge in [0.2, 0.25) is 5.91 Å². The molecule has 0 N–H and O–H groups in total. The van der Waals surface area contributed by atoms with Crippen molar-refractivity contribution in [2.24, 2.45) is 0 Å². The average molecular weight is 396 g/mol. The number of halogens is 1. The van der Waals surface area contributed by atoms with Gasteiger partial charge in [0.15, 0.2) is 5.89 Å². The van der Waals surface area contributed by atoms with Crippen LogP contribution in [0.25, 0.3) is 11.3 Å². The van der Waals surface area contributed by atoms with Crippen LogP contribution in [0.2, 0.25) is 0 Å². The van der Waals surface area contributed by atoms with Gasteiger partial charge in [0.1, 0.15) is 18.1 Å². The van der Waals surface area contributed by atoms with Crippen LogP contribution < -0.4 is 0 Å². The monoisotopic (exact) mass is 396 g/mol. The van der Waals surface area contributed by atoms with Crippen LogP contribution in [0.1, 0.15) is 35.5 Å². The summed E-state index contributed by atoms with van der Waals surface area (Å²) in [6.45, 7) is 7.06. The minimum Gasteiger partial charge on any atom is -0.446 e. The van der Waals surface area contributed by atoms with Crippen molar-refractivity contribution in [3.8, 4) is 11.3 Å². The maximum Gasteiger partial charge on any atom is 0.244 e. The molecule has 7 heteroatoms. The Kier molecular flexibility index (Phi) is 5.22. The van der Waals surface area contributed by atoms with E-state index in [-0.39, 0.29) is 18.3 Å². The number of hydrogen-bond acceptors (Lipinski definition) is 4. The Bertz CT molecular complexity index is 1030. The van der Waals surface area contributed by atoms with Gasteiger partial charge in [-0.15, -0.1) is 0 Å². The number of amides is 1. The van der Waals surface area contributed by atoms with Gasteiger partial charge in [-0.05, 0) is 43.2 Å². The number of oxazole rings is 1. The highest BCUT2D eigenvalue weighted by Crippen LogP contribution is 2.23. The van der Waals surface area contributed by atoms with E-state index in [0.717, 1.165) is 34.8 Å². The van der Waals surface area contributed by atoms with E-state index in [4.69, 9.17) is 4.42 Å². The summed E-state index contributed by atoms with van der Waals surface area (Å²) in [6, 6.07) is 6.94. The van der Waals surface area contributed by atoms with Crippen molar-refractivity contribution in [2.75, 3.05) is 13.1 Å². The van der Waals surface area contributed by atoms with E-state index in [1.165, 1.54) is 6.07 Å². The SMILES string of the molecule is CCc1cc(-c2ccc(F)c(C)c2)nn1CC(=O)N1CCc2nc(C)oc2CC1. The quantitative estimate of drug-likeness (QED) is 0.677. The molecule has 152 valence electrons. The second-order valence-corrected chi connectivity index (χ2v) is 7.48. The minimum atomic E-state index is -0.232. The zero-order chi connectivity index (χ0) is 20.5. The fourth-order valence-corrected chi connectivity index (χ4v) is 3.79. The summed E-state index contributed by atoms with van der Waals surface area (Å²) in [5.41, 5.74) is 4.13. The molecule has 3 aromatic rings. The Hall–Kier alpha value is -2.96. The van der Waals surface area contributed by atoms with Crippen molar-refractivity contribution >= 4 is 5.91 Å². The molecule has 1 aliphatic heterocycles. The maximum atomic E-state index is 13.6. The third kappa shape index (κ3) is 3.95. The highest BCUT2D eigenvalue weighted by molar-refractivity contribution is 5.76. The molecule has 0 saturated heterocycles. The van der Waals surface area contributed by atoms with E-state index in [1.54, 1.807) is 23.7 Å². The molecular formula is C22H25FN4O2. The number of aromatic nitrogens is 3. The lowest BCUT2D eigenvalue weighted by atomic mass is 10.1. The second kappa shape index (κ2) is 7.81. The fraction of sp³-hybridized carbons (Fsp3) is 0.409. The van der Waals surface area contributed by atoms with Gasteiger partial charge < -0.3 is 9.32 Å². The number of fused-ring (bicyclic) bond motifs is 1. The van der Waals surface area contributed by atoms with E-state index >= 15 is 0 Å². The standard InChI is InChI=1S/C22H25FN4O2/c1-4-17-12-20(16-5-6-18(23)14(2)11-16)25-27(17)13-22(28)26-9-7-19-21(8-10-26)29-15(3)24-19/h5-6,11-12H,4,7-10,13H2,1-3H3. The summed E-state index contributed by atoms with van der Waals surface area (Å²) < 4.78 is 21.0. The van der Waals surface area contributed by atoms with Gasteiger partial charge in [0.05, 0.1) is 11.4 Å². The summed E-state index contributed by atoms with van der Waals surface area (Å²) in [4.78, 5) is 19.2. The molecule has 0 bridgehead atoms. The molecule has 4 rings (SSSR count). The molecule has 0 fully saturated rings. The van der Waals surface area contributed by atoms with Crippen molar-refractivity contribution < 1.29 is 13.6 Å². The molecule has 0 spiro atoms. The molecule has 0 unspecified atom stereocenters. The number of nitrogens with zero attached hydrogens (tertiary/aromatic N) is 4. The number of carbonyl (C=O) groups excluding carboxylic acids is 1. The van der Waals surface area contributed by atoms with Gasteiger partial charge in [-0.25, -0.2) is 9.37 Å². The van der Waals surface area contributed by atoms with E-state index in [2.05, 4.69) is 10.1 Å². The summed E-state index contributed by atoms with van der Waals surface area (Å²) >= 11 is 0. The van der Waals surface area contributed by atoms with Gasteiger partial charge in [-0.3, -0.25) is 9.48 Å². The van der Waals surface area contributed by atoms with E-state index in [1.807, 2.05) is 24.8 Å². The van der Waals surface area contributed by atoms with Crippen LogP contribution in [-0.4, -0.2) is 38.7 Å². The second-order valence-electron chi connectivity index (χ2n) is 7.48. The molecule has 1 aliphatic rings. The molecule has 1 amide bonds. The lowest BCUT2D eigenvalue weighted by Crippen LogP contribution is -2.36. The number of aryl methyl sites for hydroxylation is 3. The van der Waals surface area contributed by atoms with Gasteiger partial charge in [0.25, 0.3) is 0 Å². The van der Waals surface area contributed by atoms with Crippen molar-refractivity contribution in [3.63, 3.8) is 0 Å². The molecule has 0 aliphatic carbocycles. The lowest BCUT2D eigenvalue weighted by Gasteiger charge is -2.20. The van der Waals surface area contributed by atoms with Crippen LogP contribution in [-0.2, 0) is 30.6 Å². The lowest BCUT2D eigenvalue weighted by molar-refractivity contribution is -0.132. The first kappa shape index (κ1) is 19.4. The van der Waals surface area contributed by atoms with Crippen LogP contribution in [0.4, 0.5) is 4.39 Å². The van der Waals surface area contributed by atoms with Crippen LogP contribution >= 0.6 is 0 Å². The van der Waals surface area contributed by atoms with E-state index in [0.29, 0.717) is 37.4 Å². The minimum absolute atomic E-state index is 0.0338. The third-order valence-corrected chi connectivity index (χ3v) is 5.43. The summed E-state index contributed by atoms with van der Waals surface area (Å²) in [5, 5.41) is 4.64. The van der Waals surface area contributed by atoms with Crippen LogP contribution in [0.15, 0.2) is 28.7 Å². The molecule has 0 atom stereocenters. The molecule has 29 heavy (non-hydrogen) atoms. The van der Waals surface area contributed by atoms with Crippen molar-refractivity contribution in [2.45, 2.75) is 46.6 Å². The van der Waals surface area contributed by atoms with Crippen LogP contribution in [0.3, 0.4) is 0 Å². The predicted octanol–water partition coefficient (Wildman–Crippen LogP) is 3.48. The number of rotatable bonds is 4. The molecule has 1 aromatic carbocycles. The molecule has 0 saturated carbocycles. The van der Waals surface area contributed by atoms with Crippen LogP contribution in [0, 0.1) is 19.7 Å². The average Bonchev–Trinajstić information content (AvgIpc) is 3.20. The molecule has 0 radical (unpaired) electrons. The maximum absolute atomic E-state index is 13.6. The summed E-state index contributed by atoms with van der Waals surface area (Å²) in [6.07, 6.45) is 2.15. The van der Waals surface area contributed by atoms with Gasteiger partial charge in [-0.1, -0.05) is 6.92 Å². The first-order chi connectivity index (χ1) is 13.9. The molecular weight excluding hydrogens is 371 g/mol. The zero-order valence-electron chi connectivity index (χ0n) is 17.0. The molecule has 6 nitrogen and oxygen atoms in total. The summed E-state index contributed by atoms with van der Waals surface area (Å²) in [7, 11) is 0. The van der Waals surface area contributed by atoms with Gasteiger partial charge >= 0.3 is 0 Å². The molecule has 2 aromatic heterocycles. The molecule has 3 heterocycles. The summed E-state index contributed by atoms with van der Waals surface area (Å²) in [5.74, 6) is 1.37. The Labute approximate surface area is 169 Å². The predicted molar refractivity (Wildman–Crippen MR) is 107 cm³/mol. The first-order valence-corrected chi connectivity index (χ1v) is 10.0. The van der Waals surface area contributed by atoms with Gasteiger partial charge in [-0.2, -0.15) is 5.10 Å². The number of benzene rings is 1. The van der Waals surface area contributed by atoms with E-state index < -0.39 is 0 Å². The highest BCUT2D eigenvalue weighted by Gasteiger charge is 2.23. The number of hydrogen-bond donors (Lipinski definition) is 0. The normalized spacial score (nSPS) is 14.0. The van der Waals surface area contributed by atoms with Crippen LogP contribution in [0.5, 0.6) is 0 Å². The Morgan fingerprint density at radius 3 is 2.76 bits per heavy atom.